The highest BCUT2D eigenvalue weighted by Gasteiger charge is 2.12. The van der Waals surface area contributed by atoms with Crippen molar-refractivity contribution in [1.82, 2.24) is 9.78 Å². The summed E-state index contributed by atoms with van der Waals surface area (Å²) in [5, 5.41) is 5.40. The summed E-state index contributed by atoms with van der Waals surface area (Å²) in [6.45, 7) is 2.13. The molecular weight excluding hydrogens is 289 g/mol. The highest BCUT2D eigenvalue weighted by atomic mass is 35.5. The highest BCUT2D eigenvalue weighted by Crippen LogP contribution is 2.30. The van der Waals surface area contributed by atoms with E-state index in [0.717, 1.165) is 22.8 Å². The van der Waals surface area contributed by atoms with Gasteiger partial charge in [0.2, 0.25) is 0 Å². The second-order valence-electron chi connectivity index (χ2n) is 3.75. The number of nitrogens with two attached hydrogens (primary N) is 1. The second kappa shape index (κ2) is 5.87. The summed E-state index contributed by atoms with van der Waals surface area (Å²) in [7, 11) is 0. The van der Waals surface area contributed by atoms with Crippen LogP contribution < -0.4 is 5.73 Å². The van der Waals surface area contributed by atoms with E-state index >= 15 is 0 Å². The molecule has 0 bridgehead atoms. The van der Waals surface area contributed by atoms with Crippen molar-refractivity contribution in [2.75, 3.05) is 11.5 Å². The van der Waals surface area contributed by atoms with Gasteiger partial charge in [0, 0.05) is 5.02 Å². The molecule has 0 fully saturated rings. The molecule has 6 heteroatoms. The molecule has 0 aliphatic heterocycles. The van der Waals surface area contributed by atoms with Crippen LogP contribution in [0.3, 0.4) is 0 Å². The van der Waals surface area contributed by atoms with E-state index in [1.54, 1.807) is 34.8 Å². The van der Waals surface area contributed by atoms with E-state index in [0.29, 0.717) is 15.9 Å². The molecule has 96 valence electrons. The zero-order valence-corrected chi connectivity index (χ0v) is 12.2. The number of aromatic nitrogens is 2. The maximum absolute atomic E-state index is 6.14. The molecule has 1 aromatic carbocycles. The number of nitrogen functional groups attached to an aromatic ring is 1. The topological polar surface area (TPSA) is 43.8 Å². The Balaban J connectivity index is 2.36. The summed E-state index contributed by atoms with van der Waals surface area (Å²) in [4.78, 5) is 0.975. The van der Waals surface area contributed by atoms with Gasteiger partial charge in [-0.15, -0.1) is 11.8 Å². The Bertz CT molecular complexity index is 554. The van der Waals surface area contributed by atoms with Crippen LogP contribution in [-0.2, 0) is 0 Å². The van der Waals surface area contributed by atoms with Gasteiger partial charge in [0.1, 0.15) is 5.82 Å². The SMILES string of the molecule is CCCSc1cnn(-c2ccc(Cl)cc2Cl)c1N. The first kappa shape index (κ1) is 13.6. The predicted octanol–water partition coefficient (Wildman–Crippen LogP) is 4.26. The lowest BCUT2D eigenvalue weighted by Gasteiger charge is -2.07. The van der Waals surface area contributed by atoms with Crippen molar-refractivity contribution in [2.45, 2.75) is 18.2 Å². The van der Waals surface area contributed by atoms with E-state index in [4.69, 9.17) is 28.9 Å². The molecule has 1 heterocycles. The summed E-state index contributed by atoms with van der Waals surface area (Å²) >= 11 is 13.7. The smallest absolute Gasteiger partial charge is 0.141 e. The lowest BCUT2D eigenvalue weighted by atomic mass is 10.3. The predicted molar refractivity (Wildman–Crippen MR) is 79.0 cm³/mol. The minimum Gasteiger partial charge on any atom is -0.383 e. The van der Waals surface area contributed by atoms with Crippen molar-refractivity contribution in [3.05, 3.63) is 34.4 Å². The molecule has 3 nitrogen and oxygen atoms in total. The maximum atomic E-state index is 6.14. The summed E-state index contributed by atoms with van der Waals surface area (Å²) < 4.78 is 1.64. The number of anilines is 1. The van der Waals surface area contributed by atoms with E-state index in [-0.39, 0.29) is 0 Å². The zero-order valence-electron chi connectivity index (χ0n) is 9.86. The van der Waals surface area contributed by atoms with Crippen molar-refractivity contribution >= 4 is 40.8 Å². The Hall–Kier alpha value is -0.840. The van der Waals surface area contributed by atoms with Crippen molar-refractivity contribution < 1.29 is 0 Å². The standard InChI is InChI=1S/C12H13Cl2N3S/c1-2-5-18-11-7-16-17(12(11)15)10-4-3-8(13)6-9(10)14/h3-4,6-7H,2,5,15H2,1H3. The molecule has 0 saturated carbocycles. The molecule has 18 heavy (non-hydrogen) atoms. The molecule has 2 aromatic rings. The van der Waals surface area contributed by atoms with Crippen LogP contribution in [0.1, 0.15) is 13.3 Å². The molecule has 0 saturated heterocycles. The molecule has 1 aromatic heterocycles. The summed E-state index contributed by atoms with van der Waals surface area (Å²) in [5.41, 5.74) is 6.81. The minimum absolute atomic E-state index is 0.532. The number of rotatable bonds is 4. The summed E-state index contributed by atoms with van der Waals surface area (Å²) in [6, 6.07) is 5.25. The Morgan fingerprint density at radius 2 is 2.17 bits per heavy atom. The number of hydrogen-bond donors (Lipinski definition) is 1. The molecule has 0 radical (unpaired) electrons. The van der Waals surface area contributed by atoms with E-state index in [1.807, 2.05) is 6.07 Å². The van der Waals surface area contributed by atoms with Gasteiger partial charge in [-0.05, 0) is 30.4 Å². The van der Waals surface area contributed by atoms with Crippen LogP contribution in [0.15, 0.2) is 29.3 Å². The van der Waals surface area contributed by atoms with Gasteiger partial charge in [-0.2, -0.15) is 5.10 Å². The lowest BCUT2D eigenvalue weighted by molar-refractivity contribution is 0.891. The fourth-order valence-corrected chi connectivity index (χ4v) is 2.78. The summed E-state index contributed by atoms with van der Waals surface area (Å²) in [6.07, 6.45) is 2.86. The normalized spacial score (nSPS) is 10.8. The number of thioether (sulfide) groups is 1. The molecular formula is C12H13Cl2N3S. The first-order valence-corrected chi connectivity index (χ1v) is 7.29. The summed E-state index contributed by atoms with van der Waals surface area (Å²) in [5.74, 6) is 1.63. The fourth-order valence-electron chi connectivity index (χ4n) is 1.51. The van der Waals surface area contributed by atoms with Gasteiger partial charge in [-0.3, -0.25) is 0 Å². The first-order chi connectivity index (χ1) is 8.63. The van der Waals surface area contributed by atoms with Gasteiger partial charge in [-0.1, -0.05) is 30.1 Å². The van der Waals surface area contributed by atoms with E-state index < -0.39 is 0 Å². The quantitative estimate of drug-likeness (QED) is 0.858. The molecule has 0 atom stereocenters. The molecule has 2 N–H and O–H groups in total. The van der Waals surface area contributed by atoms with Gasteiger partial charge in [0.05, 0.1) is 21.8 Å². The third-order valence-electron chi connectivity index (χ3n) is 2.37. The Morgan fingerprint density at radius 1 is 1.39 bits per heavy atom. The van der Waals surface area contributed by atoms with E-state index in [2.05, 4.69) is 12.0 Å². The van der Waals surface area contributed by atoms with Crippen molar-refractivity contribution in [3.63, 3.8) is 0 Å². The van der Waals surface area contributed by atoms with E-state index in [1.165, 1.54) is 0 Å². The molecule has 0 aliphatic carbocycles. The van der Waals surface area contributed by atoms with E-state index in [9.17, 15) is 0 Å². The van der Waals surface area contributed by atoms with Gasteiger partial charge in [0.15, 0.2) is 0 Å². The minimum atomic E-state index is 0.532. The average Bonchev–Trinajstić information content (AvgIpc) is 2.68. The van der Waals surface area contributed by atoms with Crippen molar-refractivity contribution in [1.29, 1.82) is 0 Å². The van der Waals surface area contributed by atoms with Crippen LogP contribution in [0.4, 0.5) is 5.82 Å². The number of benzene rings is 1. The number of halogens is 2. The molecule has 0 unspecified atom stereocenters. The highest BCUT2D eigenvalue weighted by molar-refractivity contribution is 7.99. The van der Waals surface area contributed by atoms with Crippen LogP contribution in [0.2, 0.25) is 10.0 Å². The molecule has 2 rings (SSSR count). The fraction of sp³-hybridized carbons (Fsp3) is 0.250. The number of hydrogen-bond acceptors (Lipinski definition) is 3. The third-order valence-corrected chi connectivity index (χ3v) is 4.15. The first-order valence-electron chi connectivity index (χ1n) is 5.55. The van der Waals surface area contributed by atoms with Crippen LogP contribution >= 0.6 is 35.0 Å². The van der Waals surface area contributed by atoms with Crippen LogP contribution in [0, 0.1) is 0 Å². The Labute approximate surface area is 120 Å². The van der Waals surface area contributed by atoms with Gasteiger partial charge >= 0.3 is 0 Å². The lowest BCUT2D eigenvalue weighted by Crippen LogP contribution is -2.02. The molecule has 0 amide bonds. The van der Waals surface area contributed by atoms with Crippen molar-refractivity contribution in [2.24, 2.45) is 0 Å². The van der Waals surface area contributed by atoms with Crippen LogP contribution in [-0.4, -0.2) is 15.5 Å². The van der Waals surface area contributed by atoms with Crippen LogP contribution in [0.5, 0.6) is 0 Å². The second-order valence-corrected chi connectivity index (χ2v) is 5.73. The largest absolute Gasteiger partial charge is 0.383 e. The average molecular weight is 302 g/mol. The Kier molecular flexibility index (Phi) is 4.43. The maximum Gasteiger partial charge on any atom is 0.141 e. The molecule has 0 aliphatic rings. The van der Waals surface area contributed by atoms with Crippen LogP contribution in [0.25, 0.3) is 5.69 Å². The third kappa shape index (κ3) is 2.76. The van der Waals surface area contributed by atoms with Gasteiger partial charge < -0.3 is 5.73 Å². The molecule has 0 spiro atoms. The monoisotopic (exact) mass is 301 g/mol. The van der Waals surface area contributed by atoms with Gasteiger partial charge in [0.25, 0.3) is 0 Å². The van der Waals surface area contributed by atoms with Crippen molar-refractivity contribution in [3.8, 4) is 5.69 Å². The zero-order chi connectivity index (χ0) is 13.1. The Morgan fingerprint density at radius 3 is 2.83 bits per heavy atom. The van der Waals surface area contributed by atoms with Gasteiger partial charge in [-0.25, -0.2) is 4.68 Å². The number of nitrogens with zero attached hydrogens (tertiary/aromatic N) is 2.